The van der Waals surface area contributed by atoms with Crippen molar-refractivity contribution in [2.45, 2.75) is 0 Å². The van der Waals surface area contributed by atoms with Gasteiger partial charge in [-0.3, -0.25) is 19.1 Å². The van der Waals surface area contributed by atoms with E-state index in [2.05, 4.69) is 5.10 Å². The van der Waals surface area contributed by atoms with Crippen molar-refractivity contribution in [3.8, 4) is 0 Å². The number of rotatable bonds is 6. The Morgan fingerprint density at radius 1 is 1.47 bits per heavy atom. The van der Waals surface area contributed by atoms with Gasteiger partial charge < -0.3 is 15.7 Å². The number of carbonyl (C=O) groups excluding carboxylic acids is 2. The van der Waals surface area contributed by atoms with Gasteiger partial charge in [0.05, 0.1) is 5.69 Å². The number of carboxylic acid groups (broad SMARTS) is 1. The highest BCUT2D eigenvalue weighted by Crippen LogP contribution is 2.01. The Labute approximate surface area is 109 Å². The van der Waals surface area contributed by atoms with Crippen molar-refractivity contribution in [1.29, 1.82) is 0 Å². The molecule has 0 atom stereocenters. The van der Waals surface area contributed by atoms with Crippen molar-refractivity contribution in [3.05, 3.63) is 24.0 Å². The summed E-state index contributed by atoms with van der Waals surface area (Å²) in [6, 6.07) is 1.68. The maximum absolute atomic E-state index is 11.8. The molecule has 0 unspecified atom stereocenters. The molecule has 2 amide bonds. The second kappa shape index (κ2) is 6.34. The maximum atomic E-state index is 11.8. The molecular weight excluding hydrogens is 252 g/mol. The van der Waals surface area contributed by atoms with Crippen molar-refractivity contribution in [2.75, 3.05) is 13.1 Å². The van der Waals surface area contributed by atoms with E-state index in [0.717, 1.165) is 4.90 Å². The zero-order chi connectivity index (χ0) is 14.4. The fourth-order valence-electron chi connectivity index (χ4n) is 1.37. The average Bonchev–Trinajstić information content (AvgIpc) is 2.69. The lowest BCUT2D eigenvalue weighted by atomic mass is 10.3. The number of carbonyl (C=O) groups is 3. The molecule has 0 spiro atoms. The number of aryl methyl sites for hydroxylation is 1. The number of carboxylic acids is 1. The molecule has 1 heterocycles. The first-order valence-electron chi connectivity index (χ1n) is 5.35. The number of aliphatic carboxylic acids is 1. The van der Waals surface area contributed by atoms with Gasteiger partial charge in [-0.25, -0.2) is 0 Å². The minimum atomic E-state index is -1.22. The summed E-state index contributed by atoms with van der Waals surface area (Å²) in [5.74, 6) is -2.60. The molecule has 1 rings (SSSR count). The molecule has 1 aromatic heterocycles. The first-order chi connectivity index (χ1) is 8.90. The molecule has 102 valence electrons. The van der Waals surface area contributed by atoms with E-state index in [1.54, 1.807) is 24.0 Å². The number of nitrogens with two attached hydrogens (primary N) is 1. The molecule has 0 bridgehead atoms. The van der Waals surface area contributed by atoms with E-state index in [4.69, 9.17) is 10.8 Å². The molecule has 0 radical (unpaired) electrons. The maximum Gasteiger partial charge on any atom is 0.323 e. The lowest BCUT2D eigenvalue weighted by Gasteiger charge is -2.16. The first-order valence-corrected chi connectivity index (χ1v) is 5.35. The third-order valence-corrected chi connectivity index (χ3v) is 2.24. The molecule has 0 aliphatic carbocycles. The van der Waals surface area contributed by atoms with E-state index in [1.807, 2.05) is 0 Å². The van der Waals surface area contributed by atoms with Crippen LogP contribution >= 0.6 is 0 Å². The van der Waals surface area contributed by atoms with Crippen LogP contribution in [-0.4, -0.2) is 50.7 Å². The quantitative estimate of drug-likeness (QED) is 0.629. The van der Waals surface area contributed by atoms with Crippen LogP contribution in [0.5, 0.6) is 0 Å². The van der Waals surface area contributed by atoms with E-state index in [1.165, 1.54) is 12.2 Å². The van der Waals surface area contributed by atoms with Gasteiger partial charge >= 0.3 is 5.97 Å². The van der Waals surface area contributed by atoms with E-state index in [-0.39, 0.29) is 0 Å². The van der Waals surface area contributed by atoms with E-state index in [9.17, 15) is 14.4 Å². The fraction of sp³-hybridized carbons (Fsp3) is 0.273. The summed E-state index contributed by atoms with van der Waals surface area (Å²) in [4.78, 5) is 34.0. The van der Waals surface area contributed by atoms with Crippen LogP contribution in [0.4, 0.5) is 0 Å². The Balaban J connectivity index is 2.76. The highest BCUT2D eigenvalue weighted by atomic mass is 16.4. The van der Waals surface area contributed by atoms with Crippen molar-refractivity contribution in [2.24, 2.45) is 12.8 Å². The van der Waals surface area contributed by atoms with Gasteiger partial charge in [-0.2, -0.15) is 5.10 Å². The smallest absolute Gasteiger partial charge is 0.323 e. The Hall–Kier alpha value is -2.64. The molecule has 0 fully saturated rings. The number of amides is 2. The lowest BCUT2D eigenvalue weighted by molar-refractivity contribution is -0.143. The Kier molecular flexibility index (Phi) is 4.81. The molecule has 0 saturated heterocycles. The van der Waals surface area contributed by atoms with Gasteiger partial charge in [-0.1, -0.05) is 0 Å². The Bertz CT molecular complexity index is 505. The molecule has 0 aromatic carbocycles. The standard InChI is InChI=1S/C11H14N4O4/c1-14-8(4-5-13-14)2-3-10(17)15(6-9(12)16)7-11(18)19/h2-5H,6-7H2,1H3,(H2,12,16)(H,18,19)/b3-2+. The summed E-state index contributed by atoms with van der Waals surface area (Å²) >= 11 is 0. The third-order valence-electron chi connectivity index (χ3n) is 2.24. The van der Waals surface area contributed by atoms with Crippen LogP contribution in [0.25, 0.3) is 6.08 Å². The molecule has 0 aliphatic heterocycles. The highest BCUT2D eigenvalue weighted by molar-refractivity contribution is 5.95. The van der Waals surface area contributed by atoms with Crippen LogP contribution in [0.2, 0.25) is 0 Å². The van der Waals surface area contributed by atoms with Gasteiger partial charge in [-0.05, 0) is 12.1 Å². The third kappa shape index (κ3) is 4.62. The number of nitrogens with zero attached hydrogens (tertiary/aromatic N) is 3. The summed E-state index contributed by atoms with van der Waals surface area (Å²) in [5, 5.41) is 12.6. The predicted molar refractivity (Wildman–Crippen MR) is 65.7 cm³/mol. The topological polar surface area (TPSA) is 119 Å². The summed E-state index contributed by atoms with van der Waals surface area (Å²) in [6.07, 6.45) is 4.21. The van der Waals surface area contributed by atoms with Crippen LogP contribution in [0.15, 0.2) is 18.3 Å². The van der Waals surface area contributed by atoms with E-state index >= 15 is 0 Å². The molecule has 1 aromatic rings. The van der Waals surface area contributed by atoms with Crippen LogP contribution in [-0.2, 0) is 21.4 Å². The number of hydrogen-bond acceptors (Lipinski definition) is 4. The Morgan fingerprint density at radius 2 is 2.16 bits per heavy atom. The van der Waals surface area contributed by atoms with Crippen LogP contribution < -0.4 is 5.73 Å². The van der Waals surface area contributed by atoms with Gasteiger partial charge in [0, 0.05) is 19.3 Å². The van der Waals surface area contributed by atoms with Crippen molar-refractivity contribution in [3.63, 3.8) is 0 Å². The fourth-order valence-corrected chi connectivity index (χ4v) is 1.37. The predicted octanol–water partition coefficient (Wildman–Crippen LogP) is -1.17. The van der Waals surface area contributed by atoms with Crippen LogP contribution in [0.3, 0.4) is 0 Å². The van der Waals surface area contributed by atoms with Gasteiger partial charge in [0.15, 0.2) is 0 Å². The second-order valence-corrected chi connectivity index (χ2v) is 3.77. The van der Waals surface area contributed by atoms with Crippen molar-refractivity contribution in [1.82, 2.24) is 14.7 Å². The van der Waals surface area contributed by atoms with Gasteiger partial charge in [0.2, 0.25) is 11.8 Å². The summed E-state index contributed by atoms with van der Waals surface area (Å²) in [5.41, 5.74) is 5.63. The van der Waals surface area contributed by atoms with Gasteiger partial charge in [0.1, 0.15) is 13.1 Å². The summed E-state index contributed by atoms with van der Waals surface area (Å²) in [7, 11) is 1.70. The summed E-state index contributed by atoms with van der Waals surface area (Å²) in [6.45, 7) is -1.03. The Morgan fingerprint density at radius 3 is 2.63 bits per heavy atom. The minimum Gasteiger partial charge on any atom is -0.480 e. The molecular formula is C11H14N4O4. The molecule has 8 nitrogen and oxygen atoms in total. The van der Waals surface area contributed by atoms with Crippen LogP contribution in [0.1, 0.15) is 5.69 Å². The first kappa shape index (κ1) is 14.4. The minimum absolute atomic E-state index is 0.444. The lowest BCUT2D eigenvalue weighted by Crippen LogP contribution is -2.40. The van der Waals surface area contributed by atoms with E-state index in [0.29, 0.717) is 5.69 Å². The molecule has 3 N–H and O–H groups in total. The monoisotopic (exact) mass is 266 g/mol. The number of primary amides is 1. The molecule has 19 heavy (non-hydrogen) atoms. The largest absolute Gasteiger partial charge is 0.480 e. The van der Waals surface area contributed by atoms with Crippen LogP contribution in [0, 0.1) is 0 Å². The normalized spacial score (nSPS) is 10.6. The highest BCUT2D eigenvalue weighted by Gasteiger charge is 2.16. The zero-order valence-electron chi connectivity index (χ0n) is 10.3. The molecule has 8 heteroatoms. The average molecular weight is 266 g/mol. The van der Waals surface area contributed by atoms with Crippen molar-refractivity contribution >= 4 is 23.9 Å². The second-order valence-electron chi connectivity index (χ2n) is 3.77. The van der Waals surface area contributed by atoms with Crippen molar-refractivity contribution < 1.29 is 19.5 Å². The SMILES string of the molecule is Cn1nccc1/C=C/C(=O)N(CC(N)=O)CC(=O)O. The zero-order valence-corrected chi connectivity index (χ0v) is 10.3. The van der Waals surface area contributed by atoms with Gasteiger partial charge in [0.25, 0.3) is 0 Å². The summed E-state index contributed by atoms with van der Waals surface area (Å²) < 4.78 is 1.54. The molecule has 0 saturated carbocycles. The number of hydrogen-bond donors (Lipinski definition) is 2. The molecule has 0 aliphatic rings. The number of aromatic nitrogens is 2. The van der Waals surface area contributed by atoms with Gasteiger partial charge in [-0.15, -0.1) is 0 Å². The van der Waals surface area contributed by atoms with E-state index < -0.39 is 30.9 Å².